The third-order valence-electron chi connectivity index (χ3n) is 5.15. The fourth-order valence-corrected chi connectivity index (χ4v) is 4.29. The van der Waals surface area contributed by atoms with Crippen molar-refractivity contribution in [3.8, 4) is 11.5 Å². The van der Waals surface area contributed by atoms with E-state index in [1.54, 1.807) is 7.11 Å². The van der Waals surface area contributed by atoms with E-state index in [2.05, 4.69) is 38.8 Å². The van der Waals surface area contributed by atoms with Gasteiger partial charge in [0.1, 0.15) is 0 Å². The molecule has 6 nitrogen and oxygen atoms in total. The number of halogens is 1. The molecule has 3 N–H and O–H groups in total. The first-order valence-corrected chi connectivity index (χ1v) is 11.7. The first kappa shape index (κ1) is 24.1. The summed E-state index contributed by atoms with van der Waals surface area (Å²) >= 11 is 8.99. The summed E-state index contributed by atoms with van der Waals surface area (Å²) in [7, 11) is 1.60. The van der Waals surface area contributed by atoms with Gasteiger partial charge in [0.2, 0.25) is 0 Å². The molecule has 1 heterocycles. The lowest BCUT2D eigenvalue weighted by molar-refractivity contribution is -0.113. The molecule has 0 aromatic heterocycles. The van der Waals surface area contributed by atoms with E-state index >= 15 is 0 Å². The summed E-state index contributed by atoms with van der Waals surface area (Å²) in [6, 6.07) is 11.0. The Morgan fingerprint density at radius 3 is 2.59 bits per heavy atom. The highest BCUT2D eigenvalue weighted by atomic mass is 79.9. The molecule has 170 valence electrons. The van der Waals surface area contributed by atoms with Crippen LogP contribution in [0, 0.1) is 6.92 Å². The quantitative estimate of drug-likeness (QED) is 0.322. The Bertz CT molecular complexity index is 1040. The zero-order valence-corrected chi connectivity index (χ0v) is 21.1. The van der Waals surface area contributed by atoms with Crippen LogP contribution >= 0.6 is 28.1 Å². The lowest BCUT2D eigenvalue weighted by Gasteiger charge is -2.31. The molecule has 0 aliphatic carbocycles. The lowest BCUT2D eigenvalue weighted by Crippen LogP contribution is -2.45. The van der Waals surface area contributed by atoms with Crippen molar-refractivity contribution < 1.29 is 14.3 Å². The van der Waals surface area contributed by atoms with Crippen molar-refractivity contribution in [3.63, 3.8) is 0 Å². The van der Waals surface area contributed by atoms with E-state index in [0.717, 1.165) is 34.1 Å². The molecule has 2 aromatic rings. The van der Waals surface area contributed by atoms with Crippen molar-refractivity contribution in [2.24, 2.45) is 0 Å². The maximum atomic E-state index is 13.3. The number of carbonyl (C=O) groups is 1. The number of carbonyl (C=O) groups excluding carboxylic acids is 1. The van der Waals surface area contributed by atoms with Gasteiger partial charge in [0, 0.05) is 11.4 Å². The molecule has 1 aliphatic rings. The summed E-state index contributed by atoms with van der Waals surface area (Å²) in [5, 5.41) is 9.73. The van der Waals surface area contributed by atoms with Gasteiger partial charge >= 0.3 is 0 Å². The number of thiocarbonyl (C=S) groups is 1. The van der Waals surface area contributed by atoms with Crippen LogP contribution in [0.4, 0.5) is 5.69 Å². The van der Waals surface area contributed by atoms with E-state index in [4.69, 9.17) is 21.7 Å². The molecule has 8 heteroatoms. The maximum absolute atomic E-state index is 13.3. The summed E-state index contributed by atoms with van der Waals surface area (Å²) in [5.41, 5.74) is 3.93. The highest BCUT2D eigenvalue weighted by Gasteiger charge is 2.31. The number of amides is 1. The fourth-order valence-electron chi connectivity index (χ4n) is 3.45. The molecule has 2 aromatic carbocycles. The molecule has 0 bridgehead atoms. The minimum atomic E-state index is -0.455. The second-order valence-corrected chi connectivity index (χ2v) is 8.89. The number of allylic oxidation sites excluding steroid dienone is 1. The summed E-state index contributed by atoms with van der Waals surface area (Å²) < 4.78 is 12.3. The molecule has 0 saturated carbocycles. The number of nitrogens with one attached hydrogen (secondary N) is 3. The number of anilines is 1. The molecule has 1 aliphatic heterocycles. The largest absolute Gasteiger partial charge is 0.493 e. The molecule has 1 atom stereocenters. The zero-order chi connectivity index (χ0) is 23.3. The van der Waals surface area contributed by atoms with Crippen molar-refractivity contribution in [1.82, 2.24) is 10.6 Å². The van der Waals surface area contributed by atoms with E-state index in [1.807, 2.05) is 50.2 Å². The number of ether oxygens (including phenoxy) is 2. The van der Waals surface area contributed by atoms with Crippen LogP contribution < -0.4 is 25.4 Å². The van der Waals surface area contributed by atoms with E-state index in [9.17, 15) is 4.79 Å². The van der Waals surface area contributed by atoms with Crippen LogP contribution in [-0.4, -0.2) is 24.7 Å². The number of methoxy groups -OCH3 is 1. The minimum Gasteiger partial charge on any atom is -0.493 e. The van der Waals surface area contributed by atoms with Crippen LogP contribution in [0.3, 0.4) is 0 Å². The molecule has 3 rings (SSSR count). The normalized spacial score (nSPS) is 15.7. The Kier molecular flexibility index (Phi) is 8.15. The Morgan fingerprint density at radius 2 is 1.94 bits per heavy atom. The van der Waals surface area contributed by atoms with E-state index in [0.29, 0.717) is 34.5 Å². The van der Waals surface area contributed by atoms with Crippen molar-refractivity contribution >= 4 is 44.9 Å². The topological polar surface area (TPSA) is 71.6 Å². The maximum Gasteiger partial charge on any atom is 0.255 e. The zero-order valence-electron chi connectivity index (χ0n) is 18.7. The minimum absolute atomic E-state index is 0.211. The third-order valence-corrected chi connectivity index (χ3v) is 5.96. The Morgan fingerprint density at radius 1 is 1.22 bits per heavy atom. The van der Waals surface area contributed by atoms with Crippen LogP contribution in [0.2, 0.25) is 0 Å². The van der Waals surface area contributed by atoms with Crippen molar-refractivity contribution in [2.45, 2.75) is 39.7 Å². The van der Waals surface area contributed by atoms with Gasteiger partial charge in [0.05, 0.1) is 29.8 Å². The molecule has 1 amide bonds. The average Bonchev–Trinajstić information content (AvgIpc) is 2.75. The molecule has 0 radical (unpaired) electrons. The average molecular weight is 518 g/mol. The first-order valence-electron chi connectivity index (χ1n) is 10.5. The predicted octanol–water partition coefficient (Wildman–Crippen LogP) is 5.38. The number of hydrogen-bond acceptors (Lipinski definition) is 4. The fraction of sp³-hybridized carbons (Fsp3) is 0.333. The Labute approximate surface area is 202 Å². The van der Waals surface area contributed by atoms with E-state index in [1.165, 1.54) is 0 Å². The van der Waals surface area contributed by atoms with Crippen LogP contribution in [0.5, 0.6) is 11.5 Å². The molecular weight excluding hydrogens is 490 g/mol. The molecule has 0 unspecified atom stereocenters. The number of unbranched alkanes of at least 4 members (excludes halogenated alkanes) is 1. The smallest absolute Gasteiger partial charge is 0.255 e. The highest BCUT2D eigenvalue weighted by molar-refractivity contribution is 9.10. The predicted molar refractivity (Wildman–Crippen MR) is 135 cm³/mol. The summed E-state index contributed by atoms with van der Waals surface area (Å²) in [6.45, 7) is 6.57. The highest BCUT2D eigenvalue weighted by Crippen LogP contribution is 2.40. The van der Waals surface area contributed by atoms with Gasteiger partial charge in [-0.3, -0.25) is 4.79 Å². The van der Waals surface area contributed by atoms with Crippen LogP contribution in [0.15, 0.2) is 52.1 Å². The second kappa shape index (κ2) is 10.8. The summed E-state index contributed by atoms with van der Waals surface area (Å²) in [5.74, 6) is 1.03. The number of benzene rings is 2. The van der Waals surface area contributed by atoms with E-state index in [-0.39, 0.29) is 5.91 Å². The first-order chi connectivity index (χ1) is 15.3. The van der Waals surface area contributed by atoms with Crippen molar-refractivity contribution in [2.75, 3.05) is 19.0 Å². The van der Waals surface area contributed by atoms with Crippen molar-refractivity contribution in [3.05, 3.63) is 63.3 Å². The van der Waals surface area contributed by atoms with Crippen LogP contribution in [0.1, 0.15) is 43.9 Å². The lowest BCUT2D eigenvalue weighted by atomic mass is 9.94. The number of rotatable bonds is 8. The molecule has 0 saturated heterocycles. The number of hydrogen-bond donors (Lipinski definition) is 3. The monoisotopic (exact) mass is 517 g/mol. The van der Waals surface area contributed by atoms with Gasteiger partial charge in [-0.15, -0.1) is 0 Å². The summed E-state index contributed by atoms with van der Waals surface area (Å²) in [4.78, 5) is 13.3. The Hall–Kier alpha value is -2.58. The van der Waals surface area contributed by atoms with Gasteiger partial charge in [-0.05, 0) is 78.2 Å². The van der Waals surface area contributed by atoms with Gasteiger partial charge in [0.15, 0.2) is 16.6 Å². The van der Waals surface area contributed by atoms with Gasteiger partial charge < -0.3 is 25.4 Å². The summed E-state index contributed by atoms with van der Waals surface area (Å²) in [6.07, 6.45) is 1.99. The molecular formula is C24H28BrN3O3S. The number of aryl methyl sites for hydroxylation is 1. The van der Waals surface area contributed by atoms with Gasteiger partial charge in [-0.1, -0.05) is 31.0 Å². The Balaban J connectivity index is 1.95. The molecule has 0 fully saturated rings. The second-order valence-electron chi connectivity index (χ2n) is 7.63. The van der Waals surface area contributed by atoms with Crippen molar-refractivity contribution in [1.29, 1.82) is 0 Å². The van der Waals surface area contributed by atoms with Crippen LogP contribution in [-0.2, 0) is 4.79 Å². The SMILES string of the molecule is CCCCOc1c(Br)cc([C@@H]2NC(=S)NC(C)=C2C(=O)Nc2ccc(C)cc2)cc1OC. The van der Waals surface area contributed by atoms with Gasteiger partial charge in [-0.2, -0.15) is 0 Å². The van der Waals surface area contributed by atoms with Gasteiger partial charge in [-0.25, -0.2) is 0 Å². The third kappa shape index (κ3) is 5.61. The molecule has 0 spiro atoms. The standard InChI is InChI=1S/C24H28BrN3O3S/c1-5-6-11-31-22-18(25)12-16(13-19(22)30-4)21-20(15(3)26-24(32)28-21)23(29)27-17-9-7-14(2)8-10-17/h7-10,12-13,21H,5-6,11H2,1-4H3,(H,27,29)(H2,26,28,32)/t21-/m0/s1. The molecule has 32 heavy (non-hydrogen) atoms. The van der Waals surface area contributed by atoms with E-state index < -0.39 is 6.04 Å². The van der Waals surface area contributed by atoms with Crippen LogP contribution in [0.25, 0.3) is 0 Å². The van der Waals surface area contributed by atoms with Gasteiger partial charge in [0.25, 0.3) is 5.91 Å².